The lowest BCUT2D eigenvalue weighted by molar-refractivity contribution is -0.130. The molecule has 2 aromatic carbocycles. The number of nitrogens with zero attached hydrogens (tertiary/aromatic N) is 3. The molecule has 6 nitrogen and oxygen atoms in total. The summed E-state index contributed by atoms with van der Waals surface area (Å²) in [6, 6.07) is 12.6. The molecule has 2 aliphatic heterocycles. The third kappa shape index (κ3) is 3.89. The van der Waals surface area contributed by atoms with E-state index in [2.05, 4.69) is 16.8 Å². The zero-order valence-electron chi connectivity index (χ0n) is 20.8. The van der Waals surface area contributed by atoms with Crippen molar-refractivity contribution in [2.45, 2.75) is 50.2 Å². The van der Waals surface area contributed by atoms with Crippen LogP contribution in [0.1, 0.15) is 55.2 Å². The van der Waals surface area contributed by atoms with Crippen molar-refractivity contribution < 1.29 is 13.6 Å². The van der Waals surface area contributed by atoms with Gasteiger partial charge in [-0.25, -0.2) is 13.8 Å². The van der Waals surface area contributed by atoms with Gasteiger partial charge in [-0.05, 0) is 92.2 Å². The summed E-state index contributed by atoms with van der Waals surface area (Å²) in [5, 5.41) is 13.9. The van der Waals surface area contributed by atoms with E-state index in [1.54, 1.807) is 30.3 Å². The van der Waals surface area contributed by atoms with Gasteiger partial charge in [0.25, 0.3) is 5.91 Å². The summed E-state index contributed by atoms with van der Waals surface area (Å²) in [5.74, 6) is 0.901. The highest BCUT2D eigenvalue weighted by Crippen LogP contribution is 2.57. The van der Waals surface area contributed by atoms with Gasteiger partial charge in [-0.15, -0.1) is 0 Å². The fourth-order valence-electron chi connectivity index (χ4n) is 7.59. The summed E-state index contributed by atoms with van der Waals surface area (Å²) in [6.07, 6.45) is 9.54. The number of hydrogen-bond donors (Lipinski definition) is 2. The highest BCUT2D eigenvalue weighted by Gasteiger charge is 2.51. The Morgan fingerprint density at radius 3 is 2.32 bits per heavy atom. The highest BCUT2D eigenvalue weighted by atomic mass is 19.1. The Balaban J connectivity index is 1.29. The van der Waals surface area contributed by atoms with Crippen LogP contribution in [-0.2, 0) is 4.79 Å². The molecule has 8 rings (SSSR count). The number of hydrogen-bond acceptors (Lipinski definition) is 4. The Morgan fingerprint density at radius 2 is 1.68 bits per heavy atom. The first-order valence-corrected chi connectivity index (χ1v) is 13.2. The van der Waals surface area contributed by atoms with Gasteiger partial charge in [-0.3, -0.25) is 15.2 Å². The largest absolute Gasteiger partial charge is 0.360 e. The number of amidine groups is 1. The number of halogens is 2. The van der Waals surface area contributed by atoms with Gasteiger partial charge in [-0.1, -0.05) is 12.1 Å². The molecule has 1 amide bonds. The molecule has 2 aromatic rings. The molecule has 0 radical (unpaired) electrons. The number of benzene rings is 2. The molecule has 0 aromatic heterocycles. The Kier molecular flexibility index (Phi) is 5.19. The highest BCUT2D eigenvalue weighted by molar-refractivity contribution is 6.24. The average Bonchev–Trinajstić information content (AvgIpc) is 2.88. The summed E-state index contributed by atoms with van der Waals surface area (Å²) in [4.78, 5) is 18.6. The Labute approximate surface area is 219 Å². The van der Waals surface area contributed by atoms with Crippen LogP contribution >= 0.6 is 0 Å². The third-order valence-corrected chi connectivity index (χ3v) is 8.79. The standard InChI is InChI=1S/C30H27F2N5O/c31-22-5-6-23(25(32)10-22)24-11-27-34-26(21-3-1-17(16-33)2-4-21)12-28(38)37(27)36-29(24)35-30-13-18-7-19(14-30)9-20(8-18)15-30/h1-6,10-12,18-20,27,34H,7-9,13-15H2,(H,35,36). The van der Waals surface area contributed by atoms with Gasteiger partial charge < -0.3 is 5.32 Å². The Hall–Kier alpha value is -3.99. The second kappa shape index (κ2) is 8.52. The lowest BCUT2D eigenvalue weighted by Gasteiger charge is -2.55. The number of nitrogens with one attached hydrogen (secondary N) is 2. The number of amides is 1. The Morgan fingerprint density at radius 1 is 1.00 bits per heavy atom. The number of hydrazine groups is 1. The zero-order chi connectivity index (χ0) is 26.0. The van der Waals surface area contributed by atoms with Crippen molar-refractivity contribution in [2.24, 2.45) is 22.7 Å². The van der Waals surface area contributed by atoms with Crippen LogP contribution in [-0.4, -0.2) is 28.5 Å². The maximum atomic E-state index is 15.1. The molecule has 8 heteroatoms. The molecule has 1 atom stereocenters. The first kappa shape index (κ1) is 23.2. The van der Waals surface area contributed by atoms with Crippen LogP contribution in [0.4, 0.5) is 8.78 Å². The molecule has 0 saturated heterocycles. The molecule has 38 heavy (non-hydrogen) atoms. The van der Waals surface area contributed by atoms with Crippen LogP contribution in [0.3, 0.4) is 0 Å². The predicted molar refractivity (Wildman–Crippen MR) is 139 cm³/mol. The molecule has 2 heterocycles. The van der Waals surface area contributed by atoms with Crippen LogP contribution in [0, 0.1) is 40.7 Å². The van der Waals surface area contributed by atoms with Crippen molar-refractivity contribution in [1.29, 1.82) is 5.26 Å². The molecule has 192 valence electrons. The Bertz CT molecular complexity index is 1430. The molecule has 6 aliphatic rings. The quantitative estimate of drug-likeness (QED) is 0.614. The number of aliphatic imine (C=N–C) groups is 1. The topological polar surface area (TPSA) is 80.5 Å². The van der Waals surface area contributed by atoms with Gasteiger partial charge in [0.05, 0.1) is 17.2 Å². The van der Waals surface area contributed by atoms with Gasteiger partial charge in [0.2, 0.25) is 0 Å². The van der Waals surface area contributed by atoms with Crippen molar-refractivity contribution in [3.05, 3.63) is 82.9 Å². The number of carbonyl (C=O) groups excluding carboxylic acids is 1. The van der Waals surface area contributed by atoms with Gasteiger partial charge in [0.15, 0.2) is 0 Å². The third-order valence-electron chi connectivity index (χ3n) is 8.79. The second-order valence-corrected chi connectivity index (χ2v) is 11.5. The summed E-state index contributed by atoms with van der Waals surface area (Å²) in [5.41, 5.74) is 5.64. The molecule has 4 aliphatic carbocycles. The minimum atomic E-state index is -0.672. The van der Waals surface area contributed by atoms with Crippen LogP contribution in [0.5, 0.6) is 0 Å². The monoisotopic (exact) mass is 511 g/mol. The van der Waals surface area contributed by atoms with E-state index in [1.807, 2.05) is 0 Å². The van der Waals surface area contributed by atoms with E-state index in [1.165, 1.54) is 42.5 Å². The molecule has 4 bridgehead atoms. The normalized spacial score (nSPS) is 32.2. The van der Waals surface area contributed by atoms with Crippen LogP contribution < -0.4 is 10.7 Å². The minimum Gasteiger partial charge on any atom is -0.360 e. The lowest BCUT2D eigenvalue weighted by Crippen LogP contribution is -2.61. The maximum Gasteiger partial charge on any atom is 0.269 e. The first-order chi connectivity index (χ1) is 18.4. The first-order valence-electron chi connectivity index (χ1n) is 13.2. The van der Waals surface area contributed by atoms with Crippen molar-refractivity contribution in [1.82, 2.24) is 15.8 Å². The van der Waals surface area contributed by atoms with Gasteiger partial charge >= 0.3 is 0 Å². The van der Waals surface area contributed by atoms with Crippen LogP contribution in [0.25, 0.3) is 11.3 Å². The van der Waals surface area contributed by atoms with Crippen molar-refractivity contribution in [3.8, 4) is 6.07 Å². The SMILES string of the molecule is N#Cc1ccc(C2=CC(=O)N3NC(=NC45CC6CC(CC(C6)C4)C5)C(c4ccc(F)cc4F)=CC3N2)cc1. The molecule has 0 spiro atoms. The fraction of sp³-hybridized carbons (Fsp3) is 0.367. The zero-order valence-corrected chi connectivity index (χ0v) is 20.8. The van der Waals surface area contributed by atoms with E-state index in [-0.39, 0.29) is 17.0 Å². The smallest absolute Gasteiger partial charge is 0.269 e. The number of rotatable bonds is 3. The fourth-order valence-corrected chi connectivity index (χ4v) is 7.59. The summed E-state index contributed by atoms with van der Waals surface area (Å²) < 4.78 is 28.9. The van der Waals surface area contributed by atoms with Gasteiger partial charge in [0.1, 0.15) is 23.6 Å². The molecule has 4 saturated carbocycles. The molecular formula is C30H27F2N5O. The summed E-state index contributed by atoms with van der Waals surface area (Å²) in [7, 11) is 0. The number of carbonyl (C=O) groups is 1. The lowest BCUT2D eigenvalue weighted by atomic mass is 9.53. The predicted octanol–water partition coefficient (Wildman–Crippen LogP) is 4.90. The number of nitriles is 1. The maximum absolute atomic E-state index is 15.1. The van der Waals surface area contributed by atoms with E-state index in [0.717, 1.165) is 30.9 Å². The number of fused-ring (bicyclic) bond motifs is 1. The van der Waals surface area contributed by atoms with E-state index >= 15 is 4.39 Å². The summed E-state index contributed by atoms with van der Waals surface area (Å²) in [6.45, 7) is 0. The van der Waals surface area contributed by atoms with Crippen LogP contribution in [0.15, 0.2) is 59.6 Å². The van der Waals surface area contributed by atoms with E-state index in [4.69, 9.17) is 10.3 Å². The van der Waals surface area contributed by atoms with Crippen molar-refractivity contribution in [2.75, 3.05) is 0 Å². The van der Waals surface area contributed by atoms with Gasteiger partial charge in [-0.2, -0.15) is 5.26 Å². The minimum absolute atomic E-state index is 0.213. The molecule has 4 fully saturated rings. The van der Waals surface area contributed by atoms with E-state index < -0.39 is 17.8 Å². The molecule has 1 unspecified atom stereocenters. The van der Waals surface area contributed by atoms with Gasteiger partial charge in [0, 0.05) is 29.0 Å². The van der Waals surface area contributed by atoms with Crippen molar-refractivity contribution in [3.63, 3.8) is 0 Å². The molecular weight excluding hydrogens is 484 g/mol. The van der Waals surface area contributed by atoms with Crippen molar-refractivity contribution >= 4 is 23.0 Å². The second-order valence-electron chi connectivity index (χ2n) is 11.5. The van der Waals surface area contributed by atoms with E-state index in [0.29, 0.717) is 40.4 Å². The average molecular weight is 512 g/mol. The molecule has 2 N–H and O–H groups in total. The van der Waals surface area contributed by atoms with Crippen LogP contribution in [0.2, 0.25) is 0 Å². The summed E-state index contributed by atoms with van der Waals surface area (Å²) >= 11 is 0. The van der Waals surface area contributed by atoms with E-state index in [9.17, 15) is 9.18 Å².